The van der Waals surface area contributed by atoms with Gasteiger partial charge in [-0.15, -0.1) is 0 Å². The molecule has 0 aliphatic rings. The van der Waals surface area contributed by atoms with E-state index in [-0.39, 0.29) is 6.42 Å². The number of unbranched alkanes of at least 4 members (excludes halogenated alkanes) is 1. The van der Waals surface area contributed by atoms with Crippen LogP contribution in [0.15, 0.2) is 0 Å². The quantitative estimate of drug-likeness (QED) is 0.627. The number of hydrogen-bond acceptors (Lipinski definition) is 3. The minimum absolute atomic E-state index is 0.00645. The van der Waals surface area contributed by atoms with Gasteiger partial charge in [-0.05, 0) is 19.4 Å². The fourth-order valence-corrected chi connectivity index (χ4v) is 1.61. The molecule has 2 N–H and O–H groups in total. The van der Waals surface area contributed by atoms with Gasteiger partial charge in [0.25, 0.3) is 0 Å². The molecule has 0 saturated heterocycles. The first kappa shape index (κ1) is 14.9. The summed E-state index contributed by atoms with van der Waals surface area (Å²) >= 11 is 0. The minimum atomic E-state index is -0.887. The van der Waals surface area contributed by atoms with Crippen molar-refractivity contribution in [1.82, 2.24) is 4.90 Å². The largest absolute Gasteiger partial charge is 0.481 e. The summed E-state index contributed by atoms with van der Waals surface area (Å²) in [7, 11) is 0. The molecule has 16 heavy (non-hydrogen) atoms. The van der Waals surface area contributed by atoms with Crippen molar-refractivity contribution in [2.24, 2.45) is 0 Å². The van der Waals surface area contributed by atoms with E-state index in [9.17, 15) is 9.59 Å². The Morgan fingerprint density at radius 1 is 1.19 bits per heavy atom. The summed E-state index contributed by atoms with van der Waals surface area (Å²) in [5, 5.41) is 17.6. The normalized spacial score (nSPS) is 12.7. The molecule has 0 radical (unpaired) electrons. The monoisotopic (exact) mass is 231 g/mol. The Kier molecular flexibility index (Phi) is 7.54. The van der Waals surface area contributed by atoms with Crippen LogP contribution in [0.25, 0.3) is 0 Å². The zero-order valence-corrected chi connectivity index (χ0v) is 9.98. The van der Waals surface area contributed by atoms with Gasteiger partial charge in [-0.3, -0.25) is 14.5 Å². The Bertz CT molecular complexity index is 230. The molecular formula is C11H21NO4. The van der Waals surface area contributed by atoms with E-state index in [2.05, 4.69) is 0 Å². The number of carboxylic acid groups (broad SMARTS) is 2. The molecule has 94 valence electrons. The summed E-state index contributed by atoms with van der Waals surface area (Å²) in [6, 6.07) is -0.564. The molecule has 1 atom stereocenters. The van der Waals surface area contributed by atoms with Crippen LogP contribution in [0.2, 0.25) is 0 Å². The highest BCUT2D eigenvalue weighted by molar-refractivity contribution is 5.73. The minimum Gasteiger partial charge on any atom is -0.481 e. The van der Waals surface area contributed by atoms with Crippen molar-refractivity contribution >= 4 is 11.9 Å². The van der Waals surface area contributed by atoms with Gasteiger partial charge in [-0.2, -0.15) is 0 Å². The number of carboxylic acids is 2. The zero-order valence-electron chi connectivity index (χ0n) is 9.98. The Balaban J connectivity index is 4.36. The van der Waals surface area contributed by atoms with Crippen molar-refractivity contribution in [3.05, 3.63) is 0 Å². The lowest BCUT2D eigenvalue weighted by atomic mass is 10.1. The Morgan fingerprint density at radius 3 is 2.19 bits per heavy atom. The highest BCUT2D eigenvalue weighted by Gasteiger charge is 2.23. The van der Waals surface area contributed by atoms with Gasteiger partial charge in [0, 0.05) is 6.54 Å². The van der Waals surface area contributed by atoms with Gasteiger partial charge in [0.2, 0.25) is 0 Å². The molecule has 0 aliphatic heterocycles. The lowest BCUT2D eigenvalue weighted by molar-refractivity contribution is -0.145. The number of nitrogens with zero attached hydrogens (tertiary/aromatic N) is 1. The molecular weight excluding hydrogens is 210 g/mol. The van der Waals surface area contributed by atoms with E-state index in [0.29, 0.717) is 19.5 Å². The van der Waals surface area contributed by atoms with Crippen LogP contribution in [0.3, 0.4) is 0 Å². The average molecular weight is 231 g/mol. The van der Waals surface area contributed by atoms with Crippen LogP contribution in [0.1, 0.15) is 39.5 Å². The van der Waals surface area contributed by atoms with Gasteiger partial charge in [0.05, 0.1) is 6.42 Å². The van der Waals surface area contributed by atoms with E-state index in [1.807, 2.05) is 6.92 Å². The lowest BCUT2D eigenvalue weighted by Gasteiger charge is -2.27. The Hall–Kier alpha value is -1.10. The fraction of sp³-hybridized carbons (Fsp3) is 0.818. The Labute approximate surface area is 96.1 Å². The SMILES string of the molecule is CCCCN(CCC(=O)O)C(CC)C(=O)O. The van der Waals surface area contributed by atoms with E-state index >= 15 is 0 Å². The van der Waals surface area contributed by atoms with E-state index in [0.717, 1.165) is 12.8 Å². The molecule has 0 amide bonds. The molecule has 0 aromatic heterocycles. The summed E-state index contributed by atoms with van der Waals surface area (Å²) in [4.78, 5) is 23.2. The second-order valence-corrected chi connectivity index (χ2v) is 3.80. The molecule has 1 unspecified atom stereocenters. The molecule has 0 saturated carbocycles. The number of hydrogen-bond donors (Lipinski definition) is 2. The standard InChI is InChI=1S/C11H21NO4/c1-3-5-7-12(8-6-10(13)14)9(4-2)11(15)16/h9H,3-8H2,1-2H3,(H,13,14)(H,15,16). The molecule has 5 heteroatoms. The van der Waals surface area contributed by atoms with Crippen LogP contribution in [-0.4, -0.2) is 46.2 Å². The van der Waals surface area contributed by atoms with Crippen molar-refractivity contribution < 1.29 is 19.8 Å². The van der Waals surface area contributed by atoms with Gasteiger partial charge in [0.1, 0.15) is 6.04 Å². The summed E-state index contributed by atoms with van der Waals surface area (Å²) in [6.07, 6.45) is 2.36. The van der Waals surface area contributed by atoms with Crippen LogP contribution >= 0.6 is 0 Å². The van der Waals surface area contributed by atoms with Crippen molar-refractivity contribution in [1.29, 1.82) is 0 Å². The van der Waals surface area contributed by atoms with Crippen LogP contribution in [0.5, 0.6) is 0 Å². The topological polar surface area (TPSA) is 77.8 Å². The van der Waals surface area contributed by atoms with Gasteiger partial charge in [-0.25, -0.2) is 0 Å². The second kappa shape index (κ2) is 8.10. The summed E-state index contributed by atoms with van der Waals surface area (Å²) in [6.45, 7) is 4.78. The zero-order chi connectivity index (χ0) is 12.6. The van der Waals surface area contributed by atoms with Gasteiger partial charge in [0.15, 0.2) is 0 Å². The third kappa shape index (κ3) is 5.70. The van der Waals surface area contributed by atoms with E-state index < -0.39 is 18.0 Å². The van der Waals surface area contributed by atoms with Gasteiger partial charge in [-0.1, -0.05) is 20.3 Å². The summed E-state index contributed by atoms with van der Waals surface area (Å²) in [5.74, 6) is -1.76. The highest BCUT2D eigenvalue weighted by Crippen LogP contribution is 2.07. The molecule has 0 aromatic carbocycles. The Morgan fingerprint density at radius 2 is 1.81 bits per heavy atom. The summed E-state index contributed by atoms with van der Waals surface area (Å²) in [5.41, 5.74) is 0. The fourth-order valence-electron chi connectivity index (χ4n) is 1.61. The lowest BCUT2D eigenvalue weighted by Crippen LogP contribution is -2.42. The smallest absolute Gasteiger partial charge is 0.320 e. The molecule has 0 aromatic rings. The molecule has 0 spiro atoms. The van der Waals surface area contributed by atoms with Gasteiger partial charge >= 0.3 is 11.9 Å². The third-order valence-electron chi connectivity index (χ3n) is 2.52. The van der Waals surface area contributed by atoms with Crippen molar-refractivity contribution in [2.45, 2.75) is 45.6 Å². The number of rotatable bonds is 9. The first-order chi connectivity index (χ1) is 7.52. The predicted octanol–water partition coefficient (Wildman–Crippen LogP) is 1.43. The van der Waals surface area contributed by atoms with Crippen molar-refractivity contribution in [3.63, 3.8) is 0 Å². The highest BCUT2D eigenvalue weighted by atomic mass is 16.4. The maximum Gasteiger partial charge on any atom is 0.320 e. The molecule has 0 heterocycles. The van der Waals surface area contributed by atoms with Crippen molar-refractivity contribution in [2.75, 3.05) is 13.1 Å². The molecule has 0 rings (SSSR count). The summed E-state index contributed by atoms with van der Waals surface area (Å²) < 4.78 is 0. The van der Waals surface area contributed by atoms with Crippen molar-refractivity contribution in [3.8, 4) is 0 Å². The maximum atomic E-state index is 11.0. The number of carbonyl (C=O) groups is 2. The third-order valence-corrected chi connectivity index (χ3v) is 2.52. The van der Waals surface area contributed by atoms with E-state index in [1.165, 1.54) is 0 Å². The predicted molar refractivity (Wildman–Crippen MR) is 60.4 cm³/mol. The van der Waals surface area contributed by atoms with E-state index in [1.54, 1.807) is 11.8 Å². The molecule has 0 fully saturated rings. The molecule has 0 bridgehead atoms. The van der Waals surface area contributed by atoms with Crippen LogP contribution < -0.4 is 0 Å². The first-order valence-electron chi connectivity index (χ1n) is 5.71. The van der Waals surface area contributed by atoms with Crippen LogP contribution in [-0.2, 0) is 9.59 Å². The average Bonchev–Trinajstić information content (AvgIpc) is 2.21. The number of aliphatic carboxylic acids is 2. The van der Waals surface area contributed by atoms with E-state index in [4.69, 9.17) is 10.2 Å². The van der Waals surface area contributed by atoms with Crippen LogP contribution in [0, 0.1) is 0 Å². The van der Waals surface area contributed by atoms with Gasteiger partial charge < -0.3 is 10.2 Å². The second-order valence-electron chi connectivity index (χ2n) is 3.80. The van der Waals surface area contributed by atoms with Crippen LogP contribution in [0.4, 0.5) is 0 Å². The first-order valence-corrected chi connectivity index (χ1v) is 5.71. The molecule has 5 nitrogen and oxygen atoms in total. The maximum absolute atomic E-state index is 11.0. The molecule has 0 aliphatic carbocycles.